The van der Waals surface area contributed by atoms with Crippen LogP contribution in [0.4, 0.5) is 10.9 Å². The van der Waals surface area contributed by atoms with Gasteiger partial charge in [0.25, 0.3) is 5.91 Å². The first-order valence-electron chi connectivity index (χ1n) is 9.15. The number of aliphatic hydroxyl groups is 1. The van der Waals surface area contributed by atoms with E-state index < -0.39 is 0 Å². The molecule has 28 heavy (non-hydrogen) atoms. The third kappa shape index (κ3) is 4.02. The maximum Gasteiger partial charge on any atom is 0.259 e. The molecule has 4 rings (SSSR count). The van der Waals surface area contributed by atoms with Crippen LogP contribution in [0.3, 0.4) is 0 Å². The second-order valence-electron chi connectivity index (χ2n) is 6.57. The number of carbonyl (C=O) groups is 1. The van der Waals surface area contributed by atoms with Crippen LogP contribution in [0, 0.1) is 0 Å². The molecule has 0 saturated carbocycles. The van der Waals surface area contributed by atoms with Gasteiger partial charge in [-0.25, -0.2) is 4.98 Å². The molecule has 2 N–H and O–H groups in total. The predicted molar refractivity (Wildman–Crippen MR) is 106 cm³/mol. The summed E-state index contributed by atoms with van der Waals surface area (Å²) in [6, 6.07) is 5.70. The van der Waals surface area contributed by atoms with Gasteiger partial charge in [-0.3, -0.25) is 14.8 Å². The third-order valence-corrected chi connectivity index (χ3v) is 5.50. The quantitative estimate of drug-likeness (QED) is 0.650. The number of anilines is 2. The monoisotopic (exact) mass is 399 g/mol. The van der Waals surface area contributed by atoms with E-state index in [1.54, 1.807) is 24.0 Å². The number of piperidine rings is 1. The van der Waals surface area contributed by atoms with Crippen molar-refractivity contribution in [3.8, 4) is 0 Å². The first-order chi connectivity index (χ1) is 13.7. The van der Waals surface area contributed by atoms with Gasteiger partial charge in [-0.2, -0.15) is 5.10 Å². The lowest BCUT2D eigenvalue weighted by molar-refractivity contribution is 0.102. The van der Waals surface area contributed by atoms with Crippen molar-refractivity contribution in [3.05, 3.63) is 47.4 Å². The highest BCUT2D eigenvalue weighted by Gasteiger charge is 2.24. The van der Waals surface area contributed by atoms with Gasteiger partial charge in [0, 0.05) is 37.1 Å². The third-order valence-electron chi connectivity index (χ3n) is 4.89. The van der Waals surface area contributed by atoms with Crippen LogP contribution in [0.5, 0.6) is 0 Å². The zero-order valence-corrected chi connectivity index (χ0v) is 16.0. The van der Waals surface area contributed by atoms with Crippen molar-refractivity contribution in [3.63, 3.8) is 0 Å². The molecule has 1 fully saturated rings. The summed E-state index contributed by atoms with van der Waals surface area (Å²) >= 11 is 1.27. The van der Waals surface area contributed by atoms with E-state index in [-0.39, 0.29) is 12.5 Å². The van der Waals surface area contributed by atoms with Crippen LogP contribution >= 0.6 is 11.3 Å². The van der Waals surface area contributed by atoms with E-state index in [2.05, 4.69) is 30.5 Å². The van der Waals surface area contributed by atoms with Crippen molar-refractivity contribution in [2.24, 2.45) is 0 Å². The van der Waals surface area contributed by atoms with E-state index in [0.29, 0.717) is 23.2 Å². The fourth-order valence-corrected chi connectivity index (χ4v) is 3.92. The molecule has 0 spiro atoms. The summed E-state index contributed by atoms with van der Waals surface area (Å²) in [6.07, 6.45) is 5.38. The summed E-state index contributed by atoms with van der Waals surface area (Å²) in [7, 11) is 0. The van der Waals surface area contributed by atoms with Gasteiger partial charge in [0.1, 0.15) is 11.3 Å². The predicted octanol–water partition coefficient (Wildman–Crippen LogP) is 1.76. The molecule has 0 bridgehead atoms. The van der Waals surface area contributed by atoms with E-state index >= 15 is 0 Å². The molecule has 0 atom stereocenters. The van der Waals surface area contributed by atoms with E-state index in [4.69, 9.17) is 0 Å². The largest absolute Gasteiger partial charge is 0.394 e. The Labute approximate surface area is 166 Å². The molecule has 0 unspecified atom stereocenters. The summed E-state index contributed by atoms with van der Waals surface area (Å²) in [4.78, 5) is 18.9. The van der Waals surface area contributed by atoms with Crippen LogP contribution in [0.1, 0.15) is 34.8 Å². The Morgan fingerprint density at radius 2 is 2.14 bits per heavy atom. The molecule has 1 aliphatic rings. The van der Waals surface area contributed by atoms with Gasteiger partial charge in [0.2, 0.25) is 5.13 Å². The summed E-state index contributed by atoms with van der Waals surface area (Å²) in [6.45, 7) is 2.40. The molecule has 3 aromatic rings. The topological polar surface area (TPSA) is 109 Å². The fourth-order valence-electron chi connectivity index (χ4n) is 3.48. The summed E-state index contributed by atoms with van der Waals surface area (Å²) in [5.74, 6) is 1.06. The number of hydrogen-bond acceptors (Lipinski definition) is 8. The van der Waals surface area contributed by atoms with Crippen LogP contribution in [-0.4, -0.2) is 55.7 Å². The van der Waals surface area contributed by atoms with Crippen LogP contribution in [0.15, 0.2) is 36.1 Å². The Hall–Kier alpha value is -2.85. The number of pyridine rings is 1. The average Bonchev–Trinajstić information content (AvgIpc) is 3.41. The second kappa shape index (κ2) is 8.44. The summed E-state index contributed by atoms with van der Waals surface area (Å²) in [5, 5.41) is 24.1. The van der Waals surface area contributed by atoms with Crippen molar-refractivity contribution in [2.45, 2.75) is 25.3 Å². The molecule has 1 amide bonds. The number of aliphatic hydroxyl groups excluding tert-OH is 1. The van der Waals surface area contributed by atoms with Gasteiger partial charge < -0.3 is 10.0 Å². The minimum absolute atomic E-state index is 0.0937. The Kier molecular flexibility index (Phi) is 5.58. The average molecular weight is 399 g/mol. The zero-order chi connectivity index (χ0) is 19.3. The van der Waals surface area contributed by atoms with Gasteiger partial charge in [0.05, 0.1) is 18.7 Å². The molecule has 146 valence electrons. The maximum absolute atomic E-state index is 12.2. The SMILES string of the molecule is O=C(Nc1nncs1)c1ccc(N2CCC(c3ccnn3CCO)CC2)nc1. The molecular weight excluding hydrogens is 378 g/mol. The Morgan fingerprint density at radius 1 is 1.29 bits per heavy atom. The van der Waals surface area contributed by atoms with Gasteiger partial charge >= 0.3 is 0 Å². The number of nitrogens with one attached hydrogen (secondary N) is 1. The van der Waals surface area contributed by atoms with E-state index in [0.717, 1.165) is 31.7 Å². The fraction of sp³-hybridized carbons (Fsp3) is 0.389. The molecule has 1 saturated heterocycles. The first kappa shape index (κ1) is 18.5. The summed E-state index contributed by atoms with van der Waals surface area (Å²) in [5.41, 5.74) is 3.24. The van der Waals surface area contributed by atoms with Crippen molar-refractivity contribution in [1.29, 1.82) is 0 Å². The zero-order valence-electron chi connectivity index (χ0n) is 15.2. The molecular formula is C18H21N7O2S. The van der Waals surface area contributed by atoms with E-state index in [9.17, 15) is 9.90 Å². The van der Waals surface area contributed by atoms with E-state index in [1.165, 1.54) is 17.0 Å². The molecule has 1 aliphatic heterocycles. The van der Waals surface area contributed by atoms with Crippen molar-refractivity contribution in [2.75, 3.05) is 29.9 Å². The molecule has 3 aromatic heterocycles. The number of hydrogen-bond donors (Lipinski definition) is 2. The lowest BCUT2D eigenvalue weighted by Gasteiger charge is -2.33. The van der Waals surface area contributed by atoms with Crippen molar-refractivity contribution < 1.29 is 9.90 Å². The Balaban J connectivity index is 1.35. The first-order valence-corrected chi connectivity index (χ1v) is 10.0. The van der Waals surface area contributed by atoms with Gasteiger partial charge in [-0.15, -0.1) is 10.2 Å². The Bertz CT molecular complexity index is 902. The molecule has 4 heterocycles. The van der Waals surface area contributed by atoms with Gasteiger partial charge in [-0.1, -0.05) is 11.3 Å². The normalized spacial score (nSPS) is 15.0. The highest BCUT2D eigenvalue weighted by Crippen LogP contribution is 2.29. The minimum Gasteiger partial charge on any atom is -0.394 e. The number of aromatic nitrogens is 5. The van der Waals surface area contributed by atoms with Crippen LogP contribution in [0.2, 0.25) is 0 Å². The summed E-state index contributed by atoms with van der Waals surface area (Å²) < 4.78 is 1.89. The minimum atomic E-state index is -0.244. The van der Waals surface area contributed by atoms with Crippen LogP contribution < -0.4 is 10.2 Å². The molecule has 9 nitrogen and oxygen atoms in total. The molecule has 0 aliphatic carbocycles. The van der Waals surface area contributed by atoms with Crippen LogP contribution in [-0.2, 0) is 6.54 Å². The lowest BCUT2D eigenvalue weighted by Crippen LogP contribution is -2.34. The van der Waals surface area contributed by atoms with Crippen LogP contribution in [0.25, 0.3) is 0 Å². The molecule has 0 radical (unpaired) electrons. The Morgan fingerprint density at radius 3 is 2.82 bits per heavy atom. The van der Waals surface area contributed by atoms with E-state index in [1.807, 2.05) is 16.8 Å². The number of nitrogens with zero attached hydrogens (tertiary/aromatic N) is 6. The maximum atomic E-state index is 12.2. The number of rotatable bonds is 6. The number of carbonyl (C=O) groups excluding carboxylic acids is 1. The standard InChI is InChI=1S/C18H21N7O2S/c26-10-9-25-15(3-6-21-25)13-4-7-24(8-5-13)16-2-1-14(11-19-16)17(27)22-18-23-20-12-28-18/h1-3,6,11-13,26H,4-5,7-10H2,(H,22,23,27). The highest BCUT2D eigenvalue weighted by molar-refractivity contribution is 7.13. The molecule has 0 aromatic carbocycles. The van der Waals surface area contributed by atoms with Crippen molar-refractivity contribution in [1.82, 2.24) is 25.0 Å². The van der Waals surface area contributed by atoms with Crippen molar-refractivity contribution >= 4 is 28.2 Å². The second-order valence-corrected chi connectivity index (χ2v) is 7.40. The lowest BCUT2D eigenvalue weighted by atomic mass is 9.93. The molecule has 10 heteroatoms. The number of amides is 1. The van der Waals surface area contributed by atoms with Gasteiger partial charge in [0.15, 0.2) is 0 Å². The smallest absolute Gasteiger partial charge is 0.259 e. The highest BCUT2D eigenvalue weighted by atomic mass is 32.1. The van der Waals surface area contributed by atoms with Gasteiger partial charge in [-0.05, 0) is 31.0 Å².